The highest BCUT2D eigenvalue weighted by molar-refractivity contribution is 5.79. The van der Waals surface area contributed by atoms with Gasteiger partial charge in [-0.1, -0.05) is 48.5 Å². The Morgan fingerprint density at radius 2 is 0.942 bits per heavy atom. The number of aromatic nitrogens is 4. The number of H-pyrrole nitrogens is 2. The fraction of sp³-hybridized carbons (Fsp3) is 0.474. The first-order valence-electron chi connectivity index (χ1n) is 17.8. The number of nitrogens with one attached hydrogen (secondary N) is 2. The van der Waals surface area contributed by atoms with Gasteiger partial charge < -0.3 is 30.0 Å². The van der Waals surface area contributed by atoms with Crippen LogP contribution in [0.2, 0.25) is 0 Å². The van der Waals surface area contributed by atoms with Crippen LogP contribution < -0.4 is 0 Å². The van der Waals surface area contributed by atoms with E-state index in [1.165, 1.54) is 9.80 Å². The Kier molecular flexibility index (Phi) is 11.4. The number of aromatic amines is 2. The van der Waals surface area contributed by atoms with Crippen LogP contribution in [0.1, 0.15) is 63.0 Å². The summed E-state index contributed by atoms with van der Waals surface area (Å²) in [5.74, 6) is -5.84. The van der Waals surface area contributed by atoms with E-state index in [4.69, 9.17) is 0 Å². The lowest BCUT2D eigenvalue weighted by Crippen LogP contribution is -2.40. The second-order valence-corrected chi connectivity index (χ2v) is 13.9. The summed E-state index contributed by atoms with van der Waals surface area (Å²) >= 11 is 0. The third-order valence-corrected chi connectivity index (χ3v) is 10.2. The van der Waals surface area contributed by atoms with Gasteiger partial charge in [0.15, 0.2) is 0 Å². The number of amides is 2. The number of alkyl halides is 4. The number of carbonyl (C=O) groups excluding carboxylic acids is 2. The average molecular weight is 725 g/mol. The molecule has 4 N–H and O–H groups in total. The molecule has 2 amide bonds. The van der Waals surface area contributed by atoms with Crippen LogP contribution in [0.3, 0.4) is 0 Å². The molecule has 0 spiro atoms. The second-order valence-electron chi connectivity index (χ2n) is 13.9. The first-order chi connectivity index (χ1) is 24.9. The summed E-state index contributed by atoms with van der Waals surface area (Å²) in [5.41, 5.74) is 5.23. The standard InChI is InChI=1S/C38H44F4N6O4/c39-37(40)13-9-29(10-14-37)35(51)47(17-19-49)23-33-43-21-31(45-33)27-5-1-25(2-6-27)26-3-7-28(8-4-26)32-22-44-34(46-32)24-48(18-20-50)36(52)30-11-15-38(41,42)16-12-30/h1-8,21-22,29-30,49-50H,9-20,23-24H2,(H,43,45)(H,44,46). The molecule has 2 aromatic carbocycles. The van der Waals surface area contributed by atoms with Crippen LogP contribution in [0, 0.1) is 11.8 Å². The Hall–Kier alpha value is -4.56. The van der Waals surface area contributed by atoms with Crippen molar-refractivity contribution in [3.63, 3.8) is 0 Å². The summed E-state index contributed by atoms with van der Waals surface area (Å²) in [7, 11) is 0. The van der Waals surface area contributed by atoms with Gasteiger partial charge in [0.2, 0.25) is 23.7 Å². The van der Waals surface area contributed by atoms with E-state index in [-0.39, 0.29) is 103 Å². The molecule has 0 aliphatic heterocycles. The minimum atomic E-state index is -2.72. The number of aliphatic hydroxyl groups is 2. The third kappa shape index (κ3) is 9.08. The smallest absolute Gasteiger partial charge is 0.248 e. The maximum Gasteiger partial charge on any atom is 0.248 e. The van der Waals surface area contributed by atoms with Gasteiger partial charge in [0, 0.05) is 50.6 Å². The van der Waals surface area contributed by atoms with Crippen molar-refractivity contribution in [1.29, 1.82) is 0 Å². The topological polar surface area (TPSA) is 138 Å². The van der Waals surface area contributed by atoms with Crippen molar-refractivity contribution < 1.29 is 37.4 Å². The fourth-order valence-corrected chi connectivity index (χ4v) is 7.09. The molecule has 0 radical (unpaired) electrons. The van der Waals surface area contributed by atoms with Crippen LogP contribution in [0.25, 0.3) is 33.6 Å². The zero-order valence-electron chi connectivity index (χ0n) is 28.8. The quantitative estimate of drug-likeness (QED) is 0.117. The molecule has 2 aliphatic rings. The summed E-state index contributed by atoms with van der Waals surface area (Å²) in [5, 5.41) is 19.1. The van der Waals surface area contributed by atoms with Crippen molar-refractivity contribution >= 4 is 11.8 Å². The molecule has 52 heavy (non-hydrogen) atoms. The summed E-state index contributed by atoms with van der Waals surface area (Å²) in [6, 6.07) is 15.8. The number of aliphatic hydroxyl groups excluding tert-OH is 2. The number of hydrogen-bond donors (Lipinski definition) is 4. The largest absolute Gasteiger partial charge is 0.395 e. The van der Waals surface area contributed by atoms with E-state index in [9.17, 15) is 37.4 Å². The molecule has 0 bridgehead atoms. The Bertz CT molecular complexity index is 1660. The molecule has 0 saturated heterocycles. The predicted octanol–water partition coefficient (Wildman–Crippen LogP) is 6.43. The Morgan fingerprint density at radius 3 is 1.27 bits per heavy atom. The predicted molar refractivity (Wildman–Crippen MR) is 186 cm³/mol. The van der Waals surface area contributed by atoms with Gasteiger partial charge >= 0.3 is 0 Å². The molecule has 14 heteroatoms. The van der Waals surface area contributed by atoms with Crippen molar-refractivity contribution in [2.45, 2.75) is 76.3 Å². The number of rotatable bonds is 13. The van der Waals surface area contributed by atoms with Crippen molar-refractivity contribution in [2.24, 2.45) is 11.8 Å². The Labute approximate surface area is 299 Å². The summed E-state index contributed by atoms with van der Waals surface area (Å²) < 4.78 is 54.5. The lowest BCUT2D eigenvalue weighted by molar-refractivity contribution is -0.141. The lowest BCUT2D eigenvalue weighted by atomic mass is 9.86. The fourth-order valence-electron chi connectivity index (χ4n) is 7.09. The van der Waals surface area contributed by atoms with Crippen LogP contribution in [0.15, 0.2) is 60.9 Å². The van der Waals surface area contributed by atoms with E-state index in [2.05, 4.69) is 19.9 Å². The van der Waals surface area contributed by atoms with Crippen LogP contribution in [-0.2, 0) is 22.7 Å². The summed E-state index contributed by atoms with van der Waals surface area (Å²) in [4.78, 5) is 44.5. The van der Waals surface area contributed by atoms with Crippen molar-refractivity contribution in [2.75, 3.05) is 26.3 Å². The average Bonchev–Trinajstić information content (AvgIpc) is 3.81. The maximum atomic E-state index is 13.6. The number of halogens is 4. The highest BCUT2D eigenvalue weighted by Crippen LogP contribution is 2.38. The molecule has 2 fully saturated rings. The zero-order chi connectivity index (χ0) is 36.9. The van der Waals surface area contributed by atoms with Gasteiger partial charge in [0.05, 0.1) is 50.1 Å². The van der Waals surface area contributed by atoms with Crippen molar-refractivity contribution in [3.05, 3.63) is 72.6 Å². The molecule has 6 rings (SSSR count). The minimum absolute atomic E-state index is 0.0921. The number of hydrogen-bond acceptors (Lipinski definition) is 6. The normalized spacial score (nSPS) is 17.6. The molecule has 10 nitrogen and oxygen atoms in total. The molecule has 2 heterocycles. The zero-order valence-corrected chi connectivity index (χ0v) is 28.8. The van der Waals surface area contributed by atoms with Gasteiger partial charge in [-0.2, -0.15) is 0 Å². The molecule has 0 atom stereocenters. The molecule has 0 unspecified atom stereocenters. The molecular formula is C38H44F4N6O4. The minimum Gasteiger partial charge on any atom is -0.395 e. The highest BCUT2D eigenvalue weighted by atomic mass is 19.3. The maximum absolute atomic E-state index is 13.6. The van der Waals surface area contributed by atoms with E-state index >= 15 is 0 Å². The SMILES string of the molecule is O=C(C1CCC(F)(F)CC1)N(CCO)Cc1ncc(-c2ccc(-c3ccc(-c4cnc(CN(CCO)C(=O)C5CCC(F)(F)CC5)[nH]4)cc3)cc2)[nH]1. The van der Waals surface area contributed by atoms with Crippen LogP contribution >= 0.6 is 0 Å². The van der Waals surface area contributed by atoms with E-state index in [1.807, 2.05) is 48.5 Å². The van der Waals surface area contributed by atoms with E-state index < -0.39 is 23.7 Å². The molecular weight excluding hydrogens is 680 g/mol. The van der Waals surface area contributed by atoms with Gasteiger partial charge in [-0.05, 0) is 47.9 Å². The lowest BCUT2D eigenvalue weighted by Gasteiger charge is -2.31. The van der Waals surface area contributed by atoms with Gasteiger partial charge in [-0.3, -0.25) is 9.59 Å². The monoisotopic (exact) mass is 724 g/mol. The Balaban J connectivity index is 1.05. The van der Waals surface area contributed by atoms with Crippen molar-refractivity contribution in [3.8, 4) is 33.6 Å². The second kappa shape index (κ2) is 16.0. The molecule has 2 saturated carbocycles. The first-order valence-corrected chi connectivity index (χ1v) is 17.8. The van der Waals surface area contributed by atoms with Gasteiger partial charge in [0.25, 0.3) is 0 Å². The van der Waals surface area contributed by atoms with E-state index in [0.717, 1.165) is 33.6 Å². The van der Waals surface area contributed by atoms with Crippen molar-refractivity contribution in [1.82, 2.24) is 29.7 Å². The molecule has 278 valence electrons. The number of benzene rings is 2. The molecule has 2 aromatic heterocycles. The number of carbonyl (C=O) groups is 2. The highest BCUT2D eigenvalue weighted by Gasteiger charge is 2.40. The van der Waals surface area contributed by atoms with Gasteiger partial charge in [-0.25, -0.2) is 27.5 Å². The van der Waals surface area contributed by atoms with Gasteiger partial charge in [-0.15, -0.1) is 0 Å². The Morgan fingerprint density at radius 1 is 0.615 bits per heavy atom. The van der Waals surface area contributed by atoms with Crippen LogP contribution in [0.4, 0.5) is 17.6 Å². The third-order valence-electron chi connectivity index (χ3n) is 10.2. The molecule has 2 aliphatic carbocycles. The summed E-state index contributed by atoms with van der Waals surface area (Å²) in [6.07, 6.45) is 2.64. The van der Waals surface area contributed by atoms with Gasteiger partial charge in [0.1, 0.15) is 11.6 Å². The summed E-state index contributed by atoms with van der Waals surface area (Å²) in [6.45, 7) is -0.0240. The van der Waals surface area contributed by atoms with Crippen LogP contribution in [0.5, 0.6) is 0 Å². The first kappa shape index (κ1) is 37.2. The number of nitrogens with zero attached hydrogens (tertiary/aromatic N) is 4. The van der Waals surface area contributed by atoms with Crippen LogP contribution in [-0.4, -0.2) is 89.9 Å². The van der Waals surface area contributed by atoms with E-state index in [1.54, 1.807) is 12.4 Å². The van der Waals surface area contributed by atoms with E-state index in [0.29, 0.717) is 11.6 Å². The molecule has 4 aromatic rings. The number of imidazole rings is 2.